The van der Waals surface area contributed by atoms with Gasteiger partial charge in [0, 0.05) is 11.9 Å². The first-order valence-corrected chi connectivity index (χ1v) is 7.23. The first kappa shape index (κ1) is 13.3. The number of rotatable bonds is 3. The number of guanidine groups is 1. The average Bonchev–Trinajstić information content (AvgIpc) is 2.99. The van der Waals surface area contributed by atoms with E-state index in [1.807, 2.05) is 19.5 Å². The van der Waals surface area contributed by atoms with Crippen molar-refractivity contribution < 1.29 is 0 Å². The van der Waals surface area contributed by atoms with E-state index >= 15 is 0 Å². The number of nitrogens with one attached hydrogen (secondary N) is 1. The molecular weight excluding hydrogens is 246 g/mol. The first-order chi connectivity index (χ1) is 8.70. The number of aryl methyl sites for hydroxylation is 1. The molecule has 0 aromatic carbocycles. The van der Waals surface area contributed by atoms with E-state index in [2.05, 4.69) is 15.3 Å². The molecule has 1 aromatic rings. The zero-order valence-corrected chi connectivity index (χ0v) is 11.8. The lowest BCUT2D eigenvalue weighted by atomic mass is 10.3. The SMILES string of the molecule is Cc1ncsc1CN(C)C(=NC1CCCC1)NN. The van der Waals surface area contributed by atoms with Gasteiger partial charge in [-0.1, -0.05) is 12.8 Å². The molecular formula is C12H21N5S. The van der Waals surface area contributed by atoms with Crippen molar-refractivity contribution in [3.63, 3.8) is 0 Å². The van der Waals surface area contributed by atoms with Gasteiger partial charge in [-0.05, 0) is 19.8 Å². The van der Waals surface area contributed by atoms with Crippen LogP contribution in [0.25, 0.3) is 0 Å². The molecule has 6 heteroatoms. The second-order valence-electron chi connectivity index (χ2n) is 4.75. The van der Waals surface area contributed by atoms with Crippen LogP contribution >= 0.6 is 11.3 Å². The first-order valence-electron chi connectivity index (χ1n) is 6.35. The third-order valence-electron chi connectivity index (χ3n) is 3.35. The molecule has 100 valence electrons. The highest BCUT2D eigenvalue weighted by Gasteiger charge is 2.16. The van der Waals surface area contributed by atoms with Crippen LogP contribution < -0.4 is 11.3 Å². The zero-order chi connectivity index (χ0) is 13.0. The van der Waals surface area contributed by atoms with Crippen molar-refractivity contribution in [3.8, 4) is 0 Å². The van der Waals surface area contributed by atoms with Crippen molar-refractivity contribution in [2.75, 3.05) is 7.05 Å². The minimum atomic E-state index is 0.432. The number of nitrogens with zero attached hydrogens (tertiary/aromatic N) is 3. The Morgan fingerprint density at radius 1 is 1.61 bits per heavy atom. The molecule has 1 aromatic heterocycles. The van der Waals surface area contributed by atoms with Crippen molar-refractivity contribution in [3.05, 3.63) is 16.1 Å². The summed E-state index contributed by atoms with van der Waals surface area (Å²) in [5, 5.41) is 0. The molecule has 1 saturated carbocycles. The maximum Gasteiger partial charge on any atom is 0.208 e. The van der Waals surface area contributed by atoms with E-state index in [4.69, 9.17) is 10.8 Å². The number of aliphatic imine (C=N–C) groups is 1. The third kappa shape index (κ3) is 3.20. The van der Waals surface area contributed by atoms with Gasteiger partial charge < -0.3 is 4.90 Å². The summed E-state index contributed by atoms with van der Waals surface area (Å²) in [6.45, 7) is 2.83. The van der Waals surface area contributed by atoms with Crippen molar-refractivity contribution in [2.24, 2.45) is 10.8 Å². The minimum Gasteiger partial charge on any atom is -0.340 e. The molecule has 0 radical (unpaired) electrons. The second kappa shape index (κ2) is 6.15. The van der Waals surface area contributed by atoms with Crippen molar-refractivity contribution in [1.29, 1.82) is 0 Å². The van der Waals surface area contributed by atoms with E-state index in [-0.39, 0.29) is 0 Å². The number of hydrazine groups is 1. The zero-order valence-electron chi connectivity index (χ0n) is 11.0. The summed E-state index contributed by atoms with van der Waals surface area (Å²) < 4.78 is 0. The molecule has 0 spiro atoms. The quantitative estimate of drug-likeness (QED) is 0.378. The molecule has 0 atom stereocenters. The maximum absolute atomic E-state index is 5.58. The number of nitrogens with two attached hydrogens (primary N) is 1. The molecule has 0 saturated heterocycles. The molecule has 1 aliphatic rings. The van der Waals surface area contributed by atoms with E-state index in [9.17, 15) is 0 Å². The standard InChI is InChI=1S/C12H21N5S/c1-9-11(18-8-14-9)7-17(2)12(16-13)15-10-5-3-4-6-10/h8,10H,3-7,13H2,1-2H3,(H,15,16). The molecule has 18 heavy (non-hydrogen) atoms. The van der Waals surface area contributed by atoms with E-state index in [0.29, 0.717) is 6.04 Å². The van der Waals surface area contributed by atoms with Gasteiger partial charge in [-0.2, -0.15) is 0 Å². The Bertz CT molecular complexity index is 408. The fourth-order valence-electron chi connectivity index (χ4n) is 2.22. The van der Waals surface area contributed by atoms with E-state index in [1.54, 1.807) is 11.3 Å². The smallest absolute Gasteiger partial charge is 0.208 e. The summed E-state index contributed by atoms with van der Waals surface area (Å²) in [7, 11) is 2.01. The van der Waals surface area contributed by atoms with Gasteiger partial charge in [0.25, 0.3) is 0 Å². The highest BCUT2D eigenvalue weighted by atomic mass is 32.1. The number of aromatic nitrogens is 1. The molecule has 1 aliphatic carbocycles. The van der Waals surface area contributed by atoms with E-state index in [1.165, 1.54) is 30.6 Å². The Hall–Kier alpha value is -1.14. The van der Waals surface area contributed by atoms with Crippen LogP contribution in [-0.2, 0) is 6.54 Å². The molecule has 1 fully saturated rings. The Morgan fingerprint density at radius 2 is 2.33 bits per heavy atom. The van der Waals surface area contributed by atoms with E-state index < -0.39 is 0 Å². The number of hydrogen-bond acceptors (Lipinski definition) is 4. The van der Waals surface area contributed by atoms with Gasteiger partial charge >= 0.3 is 0 Å². The Labute approximate surface area is 112 Å². The van der Waals surface area contributed by atoms with Gasteiger partial charge in [-0.25, -0.2) is 15.8 Å². The second-order valence-corrected chi connectivity index (χ2v) is 5.69. The van der Waals surface area contributed by atoms with Gasteiger partial charge in [-0.15, -0.1) is 11.3 Å². The largest absolute Gasteiger partial charge is 0.340 e. The minimum absolute atomic E-state index is 0.432. The van der Waals surface area contributed by atoms with Crippen LogP contribution in [0.2, 0.25) is 0 Å². The normalized spacial score (nSPS) is 17.2. The average molecular weight is 267 g/mol. The van der Waals surface area contributed by atoms with Crippen LogP contribution in [0, 0.1) is 6.92 Å². The molecule has 0 bridgehead atoms. The highest BCUT2D eigenvalue weighted by Crippen LogP contribution is 2.21. The molecule has 0 amide bonds. The summed E-state index contributed by atoms with van der Waals surface area (Å²) in [6, 6.07) is 0.432. The van der Waals surface area contributed by atoms with Crippen molar-refractivity contribution in [2.45, 2.75) is 45.2 Å². The molecule has 0 unspecified atom stereocenters. The summed E-state index contributed by atoms with van der Waals surface area (Å²) in [5.41, 5.74) is 5.69. The molecule has 3 N–H and O–H groups in total. The van der Waals surface area contributed by atoms with Crippen LogP contribution in [0.3, 0.4) is 0 Å². The summed E-state index contributed by atoms with van der Waals surface area (Å²) in [5.74, 6) is 6.36. The molecule has 5 nitrogen and oxygen atoms in total. The van der Waals surface area contributed by atoms with Crippen molar-refractivity contribution in [1.82, 2.24) is 15.3 Å². The van der Waals surface area contributed by atoms with Gasteiger partial charge in [0.05, 0.1) is 23.8 Å². The summed E-state index contributed by atoms with van der Waals surface area (Å²) >= 11 is 1.67. The van der Waals surface area contributed by atoms with Crippen LogP contribution in [0.5, 0.6) is 0 Å². The number of hydrogen-bond donors (Lipinski definition) is 2. The van der Waals surface area contributed by atoms with Crippen LogP contribution in [0.4, 0.5) is 0 Å². The highest BCUT2D eigenvalue weighted by molar-refractivity contribution is 7.09. The Morgan fingerprint density at radius 3 is 2.89 bits per heavy atom. The van der Waals surface area contributed by atoms with Crippen LogP contribution in [-0.4, -0.2) is 28.9 Å². The van der Waals surface area contributed by atoms with E-state index in [0.717, 1.165) is 18.2 Å². The monoisotopic (exact) mass is 267 g/mol. The van der Waals surface area contributed by atoms with Gasteiger partial charge in [0.15, 0.2) is 0 Å². The lowest BCUT2D eigenvalue weighted by Gasteiger charge is -2.21. The third-order valence-corrected chi connectivity index (χ3v) is 4.27. The molecule has 1 heterocycles. The summed E-state index contributed by atoms with van der Waals surface area (Å²) in [4.78, 5) is 12.3. The Kier molecular flexibility index (Phi) is 4.54. The molecule has 0 aliphatic heterocycles. The molecule has 2 rings (SSSR count). The fraction of sp³-hybridized carbons (Fsp3) is 0.667. The number of thiazole rings is 1. The lowest BCUT2D eigenvalue weighted by molar-refractivity contribution is 0.474. The summed E-state index contributed by atoms with van der Waals surface area (Å²) in [6.07, 6.45) is 4.92. The Balaban J connectivity index is 2.00. The lowest BCUT2D eigenvalue weighted by Crippen LogP contribution is -2.43. The predicted octanol–water partition coefficient (Wildman–Crippen LogP) is 1.65. The van der Waals surface area contributed by atoms with Gasteiger partial charge in [-0.3, -0.25) is 5.43 Å². The van der Waals surface area contributed by atoms with Crippen LogP contribution in [0.15, 0.2) is 10.5 Å². The topological polar surface area (TPSA) is 66.5 Å². The van der Waals surface area contributed by atoms with Crippen LogP contribution in [0.1, 0.15) is 36.3 Å². The van der Waals surface area contributed by atoms with Gasteiger partial charge in [0.1, 0.15) is 0 Å². The van der Waals surface area contributed by atoms with Gasteiger partial charge in [0.2, 0.25) is 5.96 Å². The van der Waals surface area contributed by atoms with Crippen molar-refractivity contribution >= 4 is 17.3 Å². The predicted molar refractivity (Wildman–Crippen MR) is 75.3 cm³/mol. The maximum atomic E-state index is 5.58. The fourth-order valence-corrected chi connectivity index (χ4v) is 3.05.